The van der Waals surface area contributed by atoms with Crippen LogP contribution in [-0.2, 0) is 16.1 Å². The number of halogens is 1. The van der Waals surface area contributed by atoms with Crippen LogP contribution in [0.3, 0.4) is 0 Å². The number of carbonyl (C=O) groups excluding carboxylic acids is 2. The van der Waals surface area contributed by atoms with Gasteiger partial charge >= 0.3 is 0 Å². The van der Waals surface area contributed by atoms with Gasteiger partial charge < -0.3 is 25.0 Å². The van der Waals surface area contributed by atoms with Crippen molar-refractivity contribution in [1.82, 2.24) is 20.1 Å². The number of benzene rings is 2. The van der Waals surface area contributed by atoms with Crippen LogP contribution in [0, 0.1) is 5.82 Å². The third kappa shape index (κ3) is 4.81. The summed E-state index contributed by atoms with van der Waals surface area (Å²) in [5.41, 5.74) is 2.67. The Morgan fingerprint density at radius 2 is 1.96 bits per heavy atom. The van der Waals surface area contributed by atoms with Crippen molar-refractivity contribution in [2.75, 3.05) is 23.4 Å². The van der Waals surface area contributed by atoms with E-state index in [-0.39, 0.29) is 23.5 Å². The van der Waals surface area contributed by atoms with Crippen molar-refractivity contribution >= 4 is 29.0 Å². The number of nitrogens with one attached hydrogen (secondary N) is 2. The van der Waals surface area contributed by atoms with Gasteiger partial charge in [0.25, 0.3) is 11.8 Å². The molecule has 12 heteroatoms. The van der Waals surface area contributed by atoms with E-state index in [1.807, 2.05) is 49.4 Å². The molecule has 2 aromatic carbocycles. The number of carbonyl (C=O) groups is 2. The highest BCUT2D eigenvalue weighted by atomic mass is 19.1. The van der Waals surface area contributed by atoms with Gasteiger partial charge in [-0.1, -0.05) is 42.5 Å². The Labute approximate surface area is 258 Å². The molecule has 2 saturated heterocycles. The highest BCUT2D eigenvalue weighted by Crippen LogP contribution is 2.36. The summed E-state index contributed by atoms with van der Waals surface area (Å²) in [6, 6.07) is 17.8. The fourth-order valence-electron chi connectivity index (χ4n) is 6.47. The molecule has 0 radical (unpaired) electrons. The summed E-state index contributed by atoms with van der Waals surface area (Å²) in [6.45, 7) is 4.00. The highest BCUT2D eigenvalue weighted by Gasteiger charge is 2.40. The van der Waals surface area contributed by atoms with Gasteiger partial charge in [-0.05, 0) is 31.5 Å². The first-order valence-electron chi connectivity index (χ1n) is 15.1. The largest absolute Gasteiger partial charge is 0.474 e. The molecule has 4 aromatic rings. The molecule has 2 aromatic heterocycles. The molecule has 0 spiro atoms. The molecule has 11 nitrogen and oxygen atoms in total. The molecule has 228 valence electrons. The van der Waals surface area contributed by atoms with Crippen LogP contribution in [0.25, 0.3) is 11.3 Å². The maximum absolute atomic E-state index is 15.0. The second-order valence-electron chi connectivity index (χ2n) is 11.7. The maximum atomic E-state index is 15.0. The minimum absolute atomic E-state index is 0.00608. The number of aliphatic imine (C=N–C) groups is 1. The van der Waals surface area contributed by atoms with Crippen molar-refractivity contribution < 1.29 is 23.5 Å². The lowest BCUT2D eigenvalue weighted by molar-refractivity contribution is -0.117. The fourth-order valence-corrected chi connectivity index (χ4v) is 6.47. The van der Waals surface area contributed by atoms with E-state index in [4.69, 9.17) is 19.6 Å². The first kappa shape index (κ1) is 27.4. The topological polar surface area (TPSA) is 123 Å². The molecular weight excluding hydrogens is 577 g/mol. The summed E-state index contributed by atoms with van der Waals surface area (Å²) in [4.78, 5) is 39.2. The Bertz CT molecular complexity index is 1840. The van der Waals surface area contributed by atoms with Crippen molar-refractivity contribution in [1.29, 1.82) is 0 Å². The zero-order valence-corrected chi connectivity index (χ0v) is 24.4. The number of aryl methyl sites for hydroxylation is 1. The van der Waals surface area contributed by atoms with E-state index in [0.29, 0.717) is 53.2 Å². The van der Waals surface area contributed by atoms with Crippen LogP contribution < -0.4 is 20.3 Å². The van der Waals surface area contributed by atoms with E-state index in [2.05, 4.69) is 20.5 Å². The number of amides is 2. The summed E-state index contributed by atoms with van der Waals surface area (Å²) in [5, 5.41) is 10.2. The Kier molecular flexibility index (Phi) is 6.59. The monoisotopic (exact) mass is 607 g/mol. The van der Waals surface area contributed by atoms with Crippen LogP contribution in [-0.4, -0.2) is 69.9 Å². The van der Waals surface area contributed by atoms with Gasteiger partial charge in [0.2, 0.25) is 12.0 Å². The molecule has 45 heavy (non-hydrogen) atoms. The SMILES string of the molecule is C[C@@H]1CCn2nc(-c3ccc(N4C[C@H]5C[C@@H]4CO5)nc3)c(C(=O)N[C@H]3N=C(c4ccccc4)c4cccc(F)c4NC3=O)c2O1. The Balaban J connectivity index is 1.15. The highest BCUT2D eigenvalue weighted by molar-refractivity contribution is 6.20. The van der Waals surface area contributed by atoms with Gasteiger partial charge in [-0.15, -0.1) is 0 Å². The van der Waals surface area contributed by atoms with Crippen molar-refractivity contribution in [2.45, 2.75) is 50.7 Å². The first-order chi connectivity index (χ1) is 21.9. The zero-order chi connectivity index (χ0) is 30.7. The number of ether oxygens (including phenoxy) is 2. The standard InChI is InChI=1S/C33H30FN7O4/c1-18-12-13-41-33(45-18)26(28(39-41)20-10-11-25(35-15-20)40-16-22-14-21(40)17-44-22)31(42)38-30-32(43)37-29-23(8-5-9-24(29)34)27(36-30)19-6-3-2-4-7-19/h2-11,15,18,21-22,30H,12-14,16-17H2,1H3,(H,37,43)(H,38,42)/t18-,21-,22-,30-/m1/s1. The van der Waals surface area contributed by atoms with Gasteiger partial charge in [0, 0.05) is 42.4 Å². The van der Waals surface area contributed by atoms with Crippen LogP contribution in [0.5, 0.6) is 5.88 Å². The predicted octanol–water partition coefficient (Wildman–Crippen LogP) is 3.78. The molecule has 2 bridgehead atoms. The maximum Gasteiger partial charge on any atom is 0.269 e. The van der Waals surface area contributed by atoms with Crippen LogP contribution >= 0.6 is 0 Å². The second-order valence-corrected chi connectivity index (χ2v) is 11.7. The fraction of sp³-hybridized carbons (Fsp3) is 0.303. The second kappa shape index (κ2) is 10.8. The number of pyridine rings is 1. The number of fused-ring (bicyclic) bond motifs is 4. The van der Waals surface area contributed by atoms with Gasteiger partial charge in [0.05, 0.1) is 36.3 Å². The van der Waals surface area contributed by atoms with Crippen LogP contribution in [0.2, 0.25) is 0 Å². The van der Waals surface area contributed by atoms with Crippen LogP contribution in [0.1, 0.15) is 41.3 Å². The van der Waals surface area contributed by atoms with Crippen LogP contribution in [0.15, 0.2) is 71.9 Å². The van der Waals surface area contributed by atoms with E-state index in [0.717, 1.165) is 25.2 Å². The Hall–Kier alpha value is -5.10. The molecule has 6 heterocycles. The molecule has 4 aliphatic rings. The van der Waals surface area contributed by atoms with Crippen molar-refractivity contribution in [3.05, 3.63) is 89.4 Å². The van der Waals surface area contributed by atoms with Gasteiger partial charge in [-0.25, -0.2) is 19.0 Å². The summed E-state index contributed by atoms with van der Waals surface area (Å²) in [5.74, 6) is -0.709. The normalized spacial score (nSPS) is 23.4. The quantitative estimate of drug-likeness (QED) is 0.354. The minimum Gasteiger partial charge on any atom is -0.474 e. The summed E-state index contributed by atoms with van der Waals surface area (Å²) < 4.78 is 28.5. The average molecular weight is 608 g/mol. The number of aromatic nitrogens is 3. The van der Waals surface area contributed by atoms with E-state index < -0.39 is 23.8 Å². The van der Waals surface area contributed by atoms with Gasteiger partial charge in [-0.2, -0.15) is 5.10 Å². The summed E-state index contributed by atoms with van der Waals surface area (Å²) >= 11 is 0. The van der Waals surface area contributed by atoms with E-state index in [1.165, 1.54) is 6.07 Å². The van der Waals surface area contributed by atoms with E-state index in [1.54, 1.807) is 23.0 Å². The average Bonchev–Trinajstić information content (AvgIpc) is 3.77. The predicted molar refractivity (Wildman–Crippen MR) is 164 cm³/mol. The third-order valence-corrected chi connectivity index (χ3v) is 8.75. The molecule has 4 atom stereocenters. The Morgan fingerprint density at radius 3 is 2.71 bits per heavy atom. The number of rotatable bonds is 5. The van der Waals surface area contributed by atoms with Gasteiger partial charge in [0.1, 0.15) is 22.9 Å². The van der Waals surface area contributed by atoms with E-state index in [9.17, 15) is 14.0 Å². The van der Waals surface area contributed by atoms with E-state index >= 15 is 0 Å². The van der Waals surface area contributed by atoms with Crippen molar-refractivity contribution in [3.8, 4) is 17.1 Å². The molecular formula is C33H30FN7O4. The minimum atomic E-state index is -1.36. The summed E-state index contributed by atoms with van der Waals surface area (Å²) in [6.07, 6.45) is 2.17. The molecule has 2 amide bonds. The number of nitrogens with zero attached hydrogens (tertiary/aromatic N) is 5. The van der Waals surface area contributed by atoms with Gasteiger partial charge in [0.15, 0.2) is 0 Å². The number of anilines is 2. The first-order valence-corrected chi connectivity index (χ1v) is 15.1. The lowest BCUT2D eigenvalue weighted by Crippen LogP contribution is -2.42. The molecule has 0 aliphatic carbocycles. The Morgan fingerprint density at radius 1 is 1.09 bits per heavy atom. The molecule has 0 unspecified atom stereocenters. The molecule has 0 saturated carbocycles. The smallest absolute Gasteiger partial charge is 0.269 e. The number of para-hydroxylation sites is 1. The molecule has 8 rings (SSSR count). The molecule has 2 N–H and O–H groups in total. The number of hydrogen-bond donors (Lipinski definition) is 2. The van der Waals surface area contributed by atoms with Gasteiger partial charge in [-0.3, -0.25) is 9.59 Å². The lowest BCUT2D eigenvalue weighted by atomic mass is 10.0. The number of benzodiazepines with no additional fused rings is 1. The van der Waals surface area contributed by atoms with Crippen LogP contribution in [0.4, 0.5) is 15.9 Å². The van der Waals surface area contributed by atoms with Crippen molar-refractivity contribution in [3.63, 3.8) is 0 Å². The molecule has 2 fully saturated rings. The zero-order valence-electron chi connectivity index (χ0n) is 24.4. The third-order valence-electron chi connectivity index (χ3n) is 8.75. The molecule has 4 aliphatic heterocycles. The summed E-state index contributed by atoms with van der Waals surface area (Å²) in [7, 11) is 0. The van der Waals surface area contributed by atoms with Crippen molar-refractivity contribution in [2.24, 2.45) is 4.99 Å². The number of morpholine rings is 1. The lowest BCUT2D eigenvalue weighted by Gasteiger charge is -2.27. The number of hydrogen-bond acceptors (Lipinski definition) is 8.